The Balaban J connectivity index is 1.80. The summed E-state index contributed by atoms with van der Waals surface area (Å²) >= 11 is 3.48. The number of hydrogen-bond donors (Lipinski definition) is 0. The predicted octanol–water partition coefficient (Wildman–Crippen LogP) is 3.82. The summed E-state index contributed by atoms with van der Waals surface area (Å²) in [5.74, 6) is 0.729. The number of para-hydroxylation sites is 1. The number of aromatic nitrogens is 4. The summed E-state index contributed by atoms with van der Waals surface area (Å²) in [7, 11) is 0. The summed E-state index contributed by atoms with van der Waals surface area (Å²) in [4.78, 5) is 30.3. The van der Waals surface area contributed by atoms with Gasteiger partial charge in [0.15, 0.2) is 0 Å². The fraction of sp³-hybridized carbons (Fsp3) is 0.238. The standard InChI is InChI=1S/C21H19BrN4O3/c1-2-3-12-25-20(27)15-9-5-7-11-17(15)26(21(25)28)13-18-23-19(24-29-18)14-8-4-6-10-16(14)22/h4-11H,2-3,12-13H2,1H3. The van der Waals surface area contributed by atoms with E-state index in [0.717, 1.165) is 22.9 Å². The van der Waals surface area contributed by atoms with Gasteiger partial charge in [0.25, 0.3) is 5.56 Å². The number of unbranched alkanes of at least 4 members (excludes halogenated alkanes) is 1. The smallest absolute Gasteiger partial charge is 0.331 e. The number of nitrogens with zero attached hydrogens (tertiary/aromatic N) is 4. The number of fused-ring (bicyclic) bond motifs is 1. The van der Waals surface area contributed by atoms with Crippen molar-refractivity contribution in [2.75, 3.05) is 0 Å². The van der Waals surface area contributed by atoms with Gasteiger partial charge in [-0.25, -0.2) is 4.79 Å². The highest BCUT2D eigenvalue weighted by Crippen LogP contribution is 2.25. The first-order chi connectivity index (χ1) is 14.1. The lowest BCUT2D eigenvalue weighted by atomic mass is 10.2. The lowest BCUT2D eigenvalue weighted by Crippen LogP contribution is -2.40. The number of halogens is 1. The largest absolute Gasteiger partial charge is 0.337 e. The van der Waals surface area contributed by atoms with Crippen LogP contribution in [0.3, 0.4) is 0 Å². The number of benzene rings is 2. The predicted molar refractivity (Wildman–Crippen MR) is 114 cm³/mol. The maximum atomic E-state index is 13.1. The molecule has 0 aliphatic heterocycles. The van der Waals surface area contributed by atoms with Crippen molar-refractivity contribution in [2.24, 2.45) is 0 Å². The van der Waals surface area contributed by atoms with E-state index in [9.17, 15) is 9.59 Å². The van der Waals surface area contributed by atoms with Gasteiger partial charge in [0.1, 0.15) is 6.54 Å². The monoisotopic (exact) mass is 454 g/mol. The van der Waals surface area contributed by atoms with Crippen LogP contribution in [0.4, 0.5) is 0 Å². The zero-order valence-corrected chi connectivity index (χ0v) is 17.4. The zero-order chi connectivity index (χ0) is 20.4. The molecule has 0 fully saturated rings. The van der Waals surface area contributed by atoms with Crippen molar-refractivity contribution >= 4 is 26.8 Å². The average Bonchev–Trinajstić information content (AvgIpc) is 3.20. The molecule has 0 radical (unpaired) electrons. The Morgan fingerprint density at radius 1 is 1.03 bits per heavy atom. The molecule has 0 unspecified atom stereocenters. The molecule has 0 amide bonds. The van der Waals surface area contributed by atoms with Crippen molar-refractivity contribution in [3.63, 3.8) is 0 Å². The first-order valence-electron chi connectivity index (χ1n) is 9.40. The van der Waals surface area contributed by atoms with Gasteiger partial charge in [0, 0.05) is 16.6 Å². The van der Waals surface area contributed by atoms with Gasteiger partial charge in [-0.1, -0.05) is 58.7 Å². The summed E-state index contributed by atoms with van der Waals surface area (Å²) in [6.45, 7) is 2.49. The van der Waals surface area contributed by atoms with Crippen LogP contribution in [-0.4, -0.2) is 19.3 Å². The molecule has 7 nitrogen and oxygen atoms in total. The second-order valence-corrected chi connectivity index (χ2v) is 7.54. The Morgan fingerprint density at radius 2 is 1.79 bits per heavy atom. The molecule has 4 rings (SSSR count). The van der Waals surface area contributed by atoms with E-state index in [0.29, 0.717) is 29.2 Å². The lowest BCUT2D eigenvalue weighted by molar-refractivity contribution is 0.369. The van der Waals surface area contributed by atoms with Crippen LogP contribution in [0.5, 0.6) is 0 Å². The van der Waals surface area contributed by atoms with Gasteiger partial charge in [-0.15, -0.1) is 0 Å². The summed E-state index contributed by atoms with van der Waals surface area (Å²) in [6.07, 6.45) is 1.64. The van der Waals surface area contributed by atoms with E-state index in [-0.39, 0.29) is 17.8 Å². The molecule has 2 heterocycles. The molecule has 2 aromatic carbocycles. The fourth-order valence-corrected chi connectivity index (χ4v) is 3.71. The maximum absolute atomic E-state index is 13.1. The Bertz CT molecular complexity index is 1290. The van der Waals surface area contributed by atoms with E-state index < -0.39 is 0 Å². The molecule has 4 aromatic rings. The van der Waals surface area contributed by atoms with E-state index in [1.54, 1.807) is 24.3 Å². The van der Waals surface area contributed by atoms with Crippen LogP contribution < -0.4 is 11.2 Å². The minimum atomic E-state index is -0.372. The van der Waals surface area contributed by atoms with E-state index in [4.69, 9.17) is 4.52 Å². The number of rotatable bonds is 6. The Kier molecular flexibility index (Phi) is 5.44. The number of hydrogen-bond acceptors (Lipinski definition) is 5. The Hall–Kier alpha value is -3.00. The van der Waals surface area contributed by atoms with Gasteiger partial charge < -0.3 is 4.52 Å². The molecule has 0 saturated heterocycles. The van der Waals surface area contributed by atoms with Gasteiger partial charge in [0.05, 0.1) is 10.9 Å². The molecule has 8 heteroatoms. The molecular formula is C21H19BrN4O3. The van der Waals surface area contributed by atoms with Crippen molar-refractivity contribution in [2.45, 2.75) is 32.9 Å². The molecular weight excluding hydrogens is 436 g/mol. The van der Waals surface area contributed by atoms with E-state index in [1.165, 1.54) is 9.13 Å². The molecule has 0 spiro atoms. The van der Waals surface area contributed by atoms with Crippen LogP contribution in [0.25, 0.3) is 22.3 Å². The van der Waals surface area contributed by atoms with Crippen molar-refractivity contribution in [3.05, 3.63) is 79.7 Å². The molecule has 0 atom stereocenters. The third-order valence-corrected chi connectivity index (χ3v) is 5.44. The third kappa shape index (κ3) is 3.67. The van der Waals surface area contributed by atoms with E-state index >= 15 is 0 Å². The van der Waals surface area contributed by atoms with Crippen LogP contribution in [0.1, 0.15) is 25.7 Å². The Morgan fingerprint density at radius 3 is 2.59 bits per heavy atom. The van der Waals surface area contributed by atoms with Gasteiger partial charge in [0.2, 0.25) is 11.7 Å². The van der Waals surface area contributed by atoms with Crippen LogP contribution in [0.15, 0.2) is 67.1 Å². The first-order valence-corrected chi connectivity index (χ1v) is 10.2. The lowest BCUT2D eigenvalue weighted by Gasteiger charge is -2.12. The van der Waals surface area contributed by atoms with Crippen molar-refractivity contribution < 1.29 is 4.52 Å². The van der Waals surface area contributed by atoms with Gasteiger partial charge in [-0.05, 0) is 30.7 Å². The average molecular weight is 455 g/mol. The Labute approximate surface area is 174 Å². The second-order valence-electron chi connectivity index (χ2n) is 6.69. The zero-order valence-electron chi connectivity index (χ0n) is 15.8. The first kappa shape index (κ1) is 19.3. The van der Waals surface area contributed by atoms with E-state index in [1.807, 2.05) is 31.2 Å². The molecule has 0 bridgehead atoms. The van der Waals surface area contributed by atoms with Gasteiger partial charge >= 0.3 is 5.69 Å². The van der Waals surface area contributed by atoms with E-state index in [2.05, 4.69) is 26.1 Å². The molecule has 0 N–H and O–H groups in total. The summed E-state index contributed by atoms with van der Waals surface area (Å²) in [5, 5.41) is 4.54. The molecule has 0 aliphatic rings. The third-order valence-electron chi connectivity index (χ3n) is 4.74. The quantitative estimate of drug-likeness (QED) is 0.442. The minimum Gasteiger partial charge on any atom is -0.337 e. The molecule has 0 aliphatic carbocycles. The molecule has 148 valence electrons. The van der Waals surface area contributed by atoms with Crippen LogP contribution >= 0.6 is 15.9 Å². The highest BCUT2D eigenvalue weighted by atomic mass is 79.9. The van der Waals surface area contributed by atoms with Gasteiger partial charge in [-0.3, -0.25) is 13.9 Å². The minimum absolute atomic E-state index is 0.0865. The van der Waals surface area contributed by atoms with Gasteiger partial charge in [-0.2, -0.15) is 4.98 Å². The second kappa shape index (κ2) is 8.16. The highest BCUT2D eigenvalue weighted by molar-refractivity contribution is 9.10. The summed E-state index contributed by atoms with van der Waals surface area (Å²) < 4.78 is 9.06. The van der Waals surface area contributed by atoms with Crippen LogP contribution in [0.2, 0.25) is 0 Å². The maximum Gasteiger partial charge on any atom is 0.331 e. The fourth-order valence-electron chi connectivity index (χ4n) is 3.24. The summed E-state index contributed by atoms with van der Waals surface area (Å²) in [6, 6.07) is 14.6. The normalized spacial score (nSPS) is 11.2. The summed E-state index contributed by atoms with van der Waals surface area (Å²) in [5.41, 5.74) is 0.709. The molecule has 0 saturated carbocycles. The molecule has 29 heavy (non-hydrogen) atoms. The van der Waals surface area contributed by atoms with Crippen molar-refractivity contribution in [3.8, 4) is 11.4 Å². The van der Waals surface area contributed by atoms with Crippen LogP contribution in [0, 0.1) is 0 Å². The van der Waals surface area contributed by atoms with Crippen LogP contribution in [-0.2, 0) is 13.1 Å². The SMILES string of the molecule is CCCCn1c(=O)c2ccccc2n(Cc2nc(-c3ccccc3Br)no2)c1=O. The topological polar surface area (TPSA) is 82.9 Å². The molecule has 2 aromatic heterocycles. The van der Waals surface area contributed by atoms with Crippen molar-refractivity contribution in [1.29, 1.82) is 0 Å². The van der Waals surface area contributed by atoms with Crippen molar-refractivity contribution in [1.82, 2.24) is 19.3 Å². The highest BCUT2D eigenvalue weighted by Gasteiger charge is 2.16.